The molecule has 5 aromatic carbocycles. The molecule has 0 amide bonds. The second-order valence-corrected chi connectivity index (χ2v) is 14.5. The van der Waals surface area contributed by atoms with Crippen molar-refractivity contribution in [2.24, 2.45) is 0 Å². The lowest BCUT2D eigenvalue weighted by Gasteiger charge is -2.23. The highest BCUT2D eigenvalue weighted by Crippen LogP contribution is 2.49. The quantitative estimate of drug-likeness (QED) is 0.235. The molecule has 5 aromatic rings. The summed E-state index contributed by atoms with van der Waals surface area (Å²) in [6.45, 7) is 18.3. The van der Waals surface area contributed by atoms with Gasteiger partial charge in [-0.25, -0.2) is 0 Å². The van der Waals surface area contributed by atoms with E-state index in [1.165, 1.54) is 55.6 Å². The Kier molecular flexibility index (Phi) is 6.69. The summed E-state index contributed by atoms with van der Waals surface area (Å²) in [6, 6.07) is 40.7. The van der Waals surface area contributed by atoms with Gasteiger partial charge in [-0.1, -0.05) is 140 Å². The van der Waals surface area contributed by atoms with Crippen LogP contribution in [0.1, 0.15) is 77.6 Å². The third-order valence-electron chi connectivity index (χ3n) is 9.03. The third-order valence-corrected chi connectivity index (χ3v) is 9.03. The average molecular weight is 550 g/mol. The van der Waals surface area contributed by atoms with Crippen LogP contribution in [0.4, 0.5) is 11.4 Å². The molecule has 1 N–H and O–H groups in total. The topological polar surface area (TPSA) is 12.0 Å². The molecule has 1 aliphatic carbocycles. The minimum atomic E-state index is -0.0295. The van der Waals surface area contributed by atoms with Gasteiger partial charge < -0.3 is 5.32 Å². The second-order valence-electron chi connectivity index (χ2n) is 14.5. The van der Waals surface area contributed by atoms with E-state index in [9.17, 15) is 0 Å². The first-order valence-corrected chi connectivity index (χ1v) is 15.2. The number of hydrogen-bond acceptors (Lipinski definition) is 1. The van der Waals surface area contributed by atoms with Gasteiger partial charge in [0, 0.05) is 22.4 Å². The number of hydrogen-bond donors (Lipinski definition) is 1. The molecule has 0 bridgehead atoms. The van der Waals surface area contributed by atoms with Crippen LogP contribution in [0.25, 0.3) is 33.4 Å². The molecule has 1 nitrogen and oxygen atoms in total. The van der Waals surface area contributed by atoms with E-state index < -0.39 is 0 Å². The van der Waals surface area contributed by atoms with Crippen molar-refractivity contribution >= 4 is 11.4 Å². The molecule has 1 aliphatic rings. The Balaban J connectivity index is 1.41. The SMILES string of the molecule is CC(C)(C)c1ccc(-c2ccc(Nc3ccc4c(c3)C(C)(C)c3ccccc3-4)c(-c3ccc(C(C)(C)C)cc3)c2)cc1. The van der Waals surface area contributed by atoms with E-state index in [-0.39, 0.29) is 16.2 Å². The number of rotatable bonds is 4. The fourth-order valence-corrected chi connectivity index (χ4v) is 6.32. The number of benzene rings is 5. The predicted octanol–water partition coefficient (Wildman–Crippen LogP) is 11.7. The van der Waals surface area contributed by atoms with E-state index in [1.807, 2.05) is 0 Å². The van der Waals surface area contributed by atoms with E-state index in [0.717, 1.165) is 11.4 Å². The van der Waals surface area contributed by atoms with Crippen molar-refractivity contribution in [1.29, 1.82) is 0 Å². The summed E-state index contributed by atoms with van der Waals surface area (Å²) in [4.78, 5) is 0. The summed E-state index contributed by atoms with van der Waals surface area (Å²) in [5.41, 5.74) is 15.5. The van der Waals surface area contributed by atoms with Crippen LogP contribution in [0, 0.1) is 0 Å². The van der Waals surface area contributed by atoms with Crippen LogP contribution >= 0.6 is 0 Å². The Morgan fingerprint density at radius 2 is 1.02 bits per heavy atom. The number of fused-ring (bicyclic) bond motifs is 3. The van der Waals surface area contributed by atoms with Crippen molar-refractivity contribution < 1.29 is 0 Å². The van der Waals surface area contributed by atoms with Gasteiger partial charge in [0.25, 0.3) is 0 Å². The third kappa shape index (κ3) is 5.07. The molecule has 0 heterocycles. The number of anilines is 2. The smallest absolute Gasteiger partial charge is 0.0464 e. The Morgan fingerprint density at radius 1 is 0.476 bits per heavy atom. The first kappa shape index (κ1) is 28.0. The largest absolute Gasteiger partial charge is 0.355 e. The highest BCUT2D eigenvalue weighted by atomic mass is 14.9. The zero-order valence-electron chi connectivity index (χ0n) is 26.4. The molecule has 6 rings (SSSR count). The standard InChI is InChI=1S/C41H43N/c1-39(2,3)30-18-13-27(14-19-30)29-17-24-38(35(25-29)28-15-20-31(21-16-28)40(4,5)6)42-32-22-23-34-33-11-9-10-12-36(33)41(7,8)37(34)26-32/h9-26,42H,1-8H3. The Bertz CT molecular complexity index is 1750. The van der Waals surface area contributed by atoms with Gasteiger partial charge >= 0.3 is 0 Å². The molecule has 0 atom stereocenters. The fraction of sp³-hybridized carbons (Fsp3) is 0.268. The van der Waals surface area contributed by atoms with Crippen molar-refractivity contribution in [3.63, 3.8) is 0 Å². The highest BCUT2D eigenvalue weighted by Gasteiger charge is 2.35. The van der Waals surface area contributed by atoms with E-state index in [1.54, 1.807) is 0 Å². The highest BCUT2D eigenvalue weighted by molar-refractivity contribution is 5.87. The molecule has 42 heavy (non-hydrogen) atoms. The van der Waals surface area contributed by atoms with Crippen LogP contribution in [0.15, 0.2) is 109 Å². The Labute approximate surface area is 252 Å². The molecule has 0 radical (unpaired) electrons. The van der Waals surface area contributed by atoms with Gasteiger partial charge in [0.05, 0.1) is 0 Å². The summed E-state index contributed by atoms with van der Waals surface area (Å²) in [5.74, 6) is 0. The zero-order valence-corrected chi connectivity index (χ0v) is 26.4. The van der Waals surface area contributed by atoms with Crippen LogP contribution in [-0.2, 0) is 16.2 Å². The number of nitrogens with one attached hydrogen (secondary N) is 1. The normalized spacial score (nSPS) is 13.9. The Morgan fingerprint density at radius 3 is 1.64 bits per heavy atom. The summed E-state index contributed by atoms with van der Waals surface area (Å²) in [6.07, 6.45) is 0. The minimum Gasteiger partial charge on any atom is -0.355 e. The van der Waals surface area contributed by atoms with Crippen LogP contribution in [0.3, 0.4) is 0 Å². The fourth-order valence-electron chi connectivity index (χ4n) is 6.32. The summed E-state index contributed by atoms with van der Waals surface area (Å²) >= 11 is 0. The van der Waals surface area contributed by atoms with Crippen molar-refractivity contribution in [2.45, 2.75) is 71.6 Å². The van der Waals surface area contributed by atoms with E-state index >= 15 is 0 Å². The van der Waals surface area contributed by atoms with Gasteiger partial charge in [0.1, 0.15) is 0 Å². The van der Waals surface area contributed by atoms with Gasteiger partial charge in [-0.3, -0.25) is 0 Å². The molecular weight excluding hydrogens is 506 g/mol. The lowest BCUT2D eigenvalue weighted by molar-refractivity contribution is 0.590. The van der Waals surface area contributed by atoms with Gasteiger partial charge in [-0.2, -0.15) is 0 Å². The van der Waals surface area contributed by atoms with Crippen molar-refractivity contribution in [1.82, 2.24) is 0 Å². The van der Waals surface area contributed by atoms with Gasteiger partial charge in [-0.15, -0.1) is 0 Å². The van der Waals surface area contributed by atoms with Crippen molar-refractivity contribution in [3.8, 4) is 33.4 Å². The summed E-state index contributed by atoms with van der Waals surface area (Å²) < 4.78 is 0. The molecule has 0 spiro atoms. The van der Waals surface area contributed by atoms with Crippen LogP contribution in [0.2, 0.25) is 0 Å². The summed E-state index contributed by atoms with van der Waals surface area (Å²) in [7, 11) is 0. The molecule has 0 saturated heterocycles. The molecule has 0 aliphatic heterocycles. The van der Waals surface area contributed by atoms with Gasteiger partial charge in [0.2, 0.25) is 0 Å². The van der Waals surface area contributed by atoms with E-state index in [0.29, 0.717) is 0 Å². The second kappa shape index (κ2) is 10.0. The average Bonchev–Trinajstić information content (AvgIpc) is 3.19. The monoisotopic (exact) mass is 549 g/mol. The molecule has 212 valence electrons. The van der Waals surface area contributed by atoms with Crippen LogP contribution < -0.4 is 5.32 Å². The van der Waals surface area contributed by atoms with Crippen LogP contribution in [0.5, 0.6) is 0 Å². The summed E-state index contributed by atoms with van der Waals surface area (Å²) in [5, 5.41) is 3.82. The zero-order chi connectivity index (χ0) is 29.9. The van der Waals surface area contributed by atoms with Crippen molar-refractivity contribution in [3.05, 3.63) is 131 Å². The maximum atomic E-state index is 3.82. The predicted molar refractivity (Wildman–Crippen MR) is 182 cm³/mol. The van der Waals surface area contributed by atoms with Crippen molar-refractivity contribution in [2.75, 3.05) is 5.32 Å². The van der Waals surface area contributed by atoms with Gasteiger partial charge in [0.15, 0.2) is 0 Å². The Hall–Kier alpha value is -4.10. The molecule has 0 saturated carbocycles. The van der Waals surface area contributed by atoms with Gasteiger partial charge in [-0.05, 0) is 85.2 Å². The first-order chi connectivity index (χ1) is 19.8. The molecule has 1 heteroatoms. The maximum Gasteiger partial charge on any atom is 0.0464 e. The maximum absolute atomic E-state index is 3.82. The van der Waals surface area contributed by atoms with Crippen LogP contribution in [-0.4, -0.2) is 0 Å². The molecule has 0 fully saturated rings. The van der Waals surface area contributed by atoms with E-state index in [4.69, 9.17) is 0 Å². The van der Waals surface area contributed by atoms with E-state index in [2.05, 4.69) is 170 Å². The molecule has 0 aromatic heterocycles. The minimum absolute atomic E-state index is 0.0295. The lowest BCUT2D eigenvalue weighted by atomic mass is 9.82. The molecule has 0 unspecified atom stereocenters. The first-order valence-electron chi connectivity index (χ1n) is 15.2. The molecular formula is C41H43N. The lowest BCUT2D eigenvalue weighted by Crippen LogP contribution is -2.15.